The number of carbonyl (C=O) groups excluding carboxylic acids is 2. The number of carbonyl (C=O) groups is 2. The van der Waals surface area contributed by atoms with Gasteiger partial charge in [-0.2, -0.15) is 5.10 Å². The maximum Gasteiger partial charge on any atom is 0.228 e. The van der Waals surface area contributed by atoms with Crippen LogP contribution < -0.4 is 5.32 Å². The molecule has 1 aromatic heterocycles. The number of hydrogen-bond acceptors (Lipinski definition) is 3. The van der Waals surface area contributed by atoms with E-state index in [2.05, 4.69) is 10.4 Å². The number of nitrogens with zero attached hydrogens (tertiary/aromatic N) is 3. The van der Waals surface area contributed by atoms with E-state index in [9.17, 15) is 14.0 Å². The van der Waals surface area contributed by atoms with Gasteiger partial charge in [-0.15, -0.1) is 0 Å². The molecule has 27 heavy (non-hydrogen) atoms. The highest BCUT2D eigenvalue weighted by atomic mass is 19.1. The van der Waals surface area contributed by atoms with Gasteiger partial charge in [-0.3, -0.25) is 14.3 Å². The molecule has 1 saturated carbocycles. The summed E-state index contributed by atoms with van der Waals surface area (Å²) in [5.41, 5.74) is 0.615. The molecule has 0 bridgehead atoms. The second-order valence-corrected chi connectivity index (χ2v) is 7.57. The predicted molar refractivity (Wildman–Crippen MR) is 97.1 cm³/mol. The van der Waals surface area contributed by atoms with E-state index in [1.54, 1.807) is 27.9 Å². The van der Waals surface area contributed by atoms with Crippen LogP contribution in [0.15, 0.2) is 42.7 Å². The summed E-state index contributed by atoms with van der Waals surface area (Å²) in [6.45, 7) is 1.69. The van der Waals surface area contributed by atoms with E-state index < -0.39 is 0 Å². The average Bonchev–Trinajstić information content (AvgIpc) is 3.08. The lowest BCUT2D eigenvalue weighted by Gasteiger charge is -2.20. The highest BCUT2D eigenvalue weighted by molar-refractivity contribution is 5.87. The number of aromatic nitrogens is 2. The highest BCUT2D eigenvalue weighted by Gasteiger charge is 2.51. The normalized spacial score (nSPS) is 20.7. The van der Waals surface area contributed by atoms with Crippen molar-refractivity contribution in [2.45, 2.75) is 38.3 Å². The molecule has 1 aliphatic carbocycles. The molecule has 0 unspecified atom stereocenters. The van der Waals surface area contributed by atoms with Crippen molar-refractivity contribution < 1.29 is 14.0 Å². The Morgan fingerprint density at radius 2 is 2.07 bits per heavy atom. The third kappa shape index (κ3) is 4.02. The molecule has 7 heteroatoms. The first-order valence-electron chi connectivity index (χ1n) is 9.35. The maximum absolute atomic E-state index is 13.0. The van der Waals surface area contributed by atoms with Gasteiger partial charge in [-0.25, -0.2) is 4.39 Å². The quantitative estimate of drug-likeness (QED) is 0.808. The molecular formula is C20H23FN4O2. The number of benzene rings is 1. The van der Waals surface area contributed by atoms with Gasteiger partial charge in [0.1, 0.15) is 5.82 Å². The van der Waals surface area contributed by atoms with Gasteiger partial charge in [0.25, 0.3) is 0 Å². The van der Waals surface area contributed by atoms with Gasteiger partial charge in [0.2, 0.25) is 11.8 Å². The van der Waals surface area contributed by atoms with Gasteiger partial charge in [-0.05, 0) is 43.0 Å². The Kier molecular flexibility index (Phi) is 4.68. The third-order valence-electron chi connectivity index (χ3n) is 5.49. The summed E-state index contributed by atoms with van der Waals surface area (Å²) >= 11 is 0. The molecule has 142 valence electrons. The molecule has 2 fully saturated rings. The van der Waals surface area contributed by atoms with Crippen LogP contribution in [0, 0.1) is 11.2 Å². The van der Waals surface area contributed by atoms with E-state index in [-0.39, 0.29) is 29.1 Å². The monoisotopic (exact) mass is 370 g/mol. The Balaban J connectivity index is 1.28. The fraction of sp³-hybridized carbons (Fsp3) is 0.450. The van der Waals surface area contributed by atoms with Gasteiger partial charge in [0.05, 0.1) is 18.0 Å². The summed E-state index contributed by atoms with van der Waals surface area (Å²) in [7, 11) is 0. The lowest BCUT2D eigenvalue weighted by Crippen LogP contribution is -2.42. The van der Waals surface area contributed by atoms with Crippen molar-refractivity contribution >= 4 is 11.8 Å². The standard InChI is InChI=1S/C20H23FN4O2/c21-16-4-2-15(3-5-16)6-11-24-13-17(12-18(24)26)23-19(27)20(7-8-20)14-25-10-1-9-22-25/h1-5,9-10,17H,6-8,11-14H2,(H,23,27)/t17-/m0/s1. The second-order valence-electron chi connectivity index (χ2n) is 7.57. The zero-order chi connectivity index (χ0) is 18.9. The van der Waals surface area contributed by atoms with E-state index in [0.29, 0.717) is 32.5 Å². The molecule has 2 aliphatic rings. The minimum atomic E-state index is -0.378. The molecule has 1 aromatic carbocycles. The first-order valence-corrected chi connectivity index (χ1v) is 9.35. The van der Waals surface area contributed by atoms with E-state index in [4.69, 9.17) is 0 Å². The van der Waals surface area contributed by atoms with Crippen LogP contribution in [-0.2, 0) is 22.6 Å². The van der Waals surface area contributed by atoms with Crippen molar-refractivity contribution in [3.05, 3.63) is 54.1 Å². The number of halogens is 1. The topological polar surface area (TPSA) is 67.2 Å². The van der Waals surface area contributed by atoms with Gasteiger partial charge in [-0.1, -0.05) is 12.1 Å². The van der Waals surface area contributed by atoms with Gasteiger partial charge in [0, 0.05) is 31.9 Å². The van der Waals surface area contributed by atoms with Crippen LogP contribution in [0.25, 0.3) is 0 Å². The van der Waals surface area contributed by atoms with E-state index in [0.717, 1.165) is 18.4 Å². The van der Waals surface area contributed by atoms with Crippen LogP contribution in [0.2, 0.25) is 0 Å². The average molecular weight is 370 g/mol. The molecule has 1 atom stereocenters. The van der Waals surface area contributed by atoms with Crippen LogP contribution in [0.5, 0.6) is 0 Å². The lowest BCUT2D eigenvalue weighted by atomic mass is 10.1. The van der Waals surface area contributed by atoms with E-state index >= 15 is 0 Å². The molecule has 1 saturated heterocycles. The van der Waals surface area contributed by atoms with Crippen molar-refractivity contribution in [1.29, 1.82) is 0 Å². The zero-order valence-electron chi connectivity index (χ0n) is 15.1. The molecular weight excluding hydrogens is 347 g/mol. The largest absolute Gasteiger partial charge is 0.351 e. The number of nitrogens with one attached hydrogen (secondary N) is 1. The van der Waals surface area contributed by atoms with Crippen LogP contribution in [0.3, 0.4) is 0 Å². The molecule has 2 aromatic rings. The smallest absolute Gasteiger partial charge is 0.228 e. The molecule has 2 heterocycles. The van der Waals surface area contributed by atoms with E-state index in [1.807, 2.05) is 12.3 Å². The molecule has 2 amide bonds. The summed E-state index contributed by atoms with van der Waals surface area (Å²) in [5.74, 6) is -0.182. The minimum absolute atomic E-state index is 0.0242. The van der Waals surface area contributed by atoms with Crippen molar-refractivity contribution in [3.63, 3.8) is 0 Å². The summed E-state index contributed by atoms with van der Waals surface area (Å²) < 4.78 is 14.8. The number of amides is 2. The molecule has 4 rings (SSSR count). The van der Waals surface area contributed by atoms with Crippen LogP contribution in [0.1, 0.15) is 24.8 Å². The SMILES string of the molecule is O=C1C[C@H](NC(=O)C2(Cn3cccn3)CC2)CN1CCc1ccc(F)cc1. The number of rotatable bonds is 7. The summed E-state index contributed by atoms with van der Waals surface area (Å²) in [6.07, 6.45) is 6.30. The minimum Gasteiger partial charge on any atom is -0.351 e. The Morgan fingerprint density at radius 3 is 2.74 bits per heavy atom. The summed E-state index contributed by atoms with van der Waals surface area (Å²) in [5, 5.41) is 7.26. The van der Waals surface area contributed by atoms with Crippen LogP contribution in [0.4, 0.5) is 4.39 Å². The highest BCUT2D eigenvalue weighted by Crippen LogP contribution is 2.47. The van der Waals surface area contributed by atoms with Crippen molar-refractivity contribution in [3.8, 4) is 0 Å². The number of hydrogen-bond donors (Lipinski definition) is 1. The third-order valence-corrected chi connectivity index (χ3v) is 5.49. The van der Waals surface area contributed by atoms with Gasteiger partial charge >= 0.3 is 0 Å². The first kappa shape index (κ1) is 17.7. The Hall–Kier alpha value is -2.70. The number of likely N-dealkylation sites (tertiary alicyclic amines) is 1. The Bertz CT molecular complexity index is 815. The fourth-order valence-corrected chi connectivity index (χ4v) is 3.65. The molecule has 1 aliphatic heterocycles. The van der Waals surface area contributed by atoms with E-state index in [1.165, 1.54) is 12.1 Å². The Morgan fingerprint density at radius 1 is 1.30 bits per heavy atom. The maximum atomic E-state index is 13.0. The predicted octanol–water partition coefficient (Wildman–Crippen LogP) is 1.76. The molecule has 6 nitrogen and oxygen atoms in total. The van der Waals surface area contributed by atoms with Crippen LogP contribution >= 0.6 is 0 Å². The molecule has 0 spiro atoms. The summed E-state index contributed by atoms with van der Waals surface area (Å²) in [6, 6.07) is 8.04. The lowest BCUT2D eigenvalue weighted by molar-refractivity contribution is -0.127. The van der Waals surface area contributed by atoms with Crippen molar-refractivity contribution in [1.82, 2.24) is 20.0 Å². The van der Waals surface area contributed by atoms with Crippen molar-refractivity contribution in [2.24, 2.45) is 5.41 Å². The van der Waals surface area contributed by atoms with Crippen LogP contribution in [-0.4, -0.2) is 45.6 Å². The molecule has 1 N–H and O–H groups in total. The fourth-order valence-electron chi connectivity index (χ4n) is 3.65. The first-order chi connectivity index (χ1) is 13.0. The van der Waals surface area contributed by atoms with Crippen molar-refractivity contribution in [2.75, 3.05) is 13.1 Å². The summed E-state index contributed by atoms with van der Waals surface area (Å²) in [4.78, 5) is 26.8. The Labute approximate surface area is 157 Å². The van der Waals surface area contributed by atoms with Gasteiger partial charge < -0.3 is 10.2 Å². The molecule has 0 radical (unpaired) electrons. The second kappa shape index (κ2) is 7.13. The zero-order valence-corrected chi connectivity index (χ0v) is 15.1. The van der Waals surface area contributed by atoms with Gasteiger partial charge in [0.15, 0.2) is 0 Å².